The van der Waals surface area contributed by atoms with Crippen LogP contribution in [-0.4, -0.2) is 40.7 Å². The lowest BCUT2D eigenvalue weighted by Gasteiger charge is -2.25. The van der Waals surface area contributed by atoms with Gasteiger partial charge >= 0.3 is 0 Å². The molecule has 1 saturated heterocycles. The first-order valence-electron chi connectivity index (χ1n) is 7.90. The van der Waals surface area contributed by atoms with Crippen LogP contribution in [-0.2, 0) is 11.2 Å². The normalized spacial score (nSPS) is 19.9. The third-order valence-corrected chi connectivity index (χ3v) is 4.24. The second-order valence-corrected chi connectivity index (χ2v) is 5.97. The minimum Gasteiger partial charge on any atom is -0.481 e. The van der Waals surface area contributed by atoms with Crippen molar-refractivity contribution in [2.75, 3.05) is 13.7 Å². The molecule has 1 aromatic heterocycles. The number of halogens is 2. The predicted molar refractivity (Wildman–Crippen MR) is 85.9 cm³/mol. The Morgan fingerprint density at radius 2 is 2.16 bits per heavy atom. The van der Waals surface area contributed by atoms with E-state index < -0.39 is 23.8 Å². The topological polar surface area (TPSA) is 62.7 Å². The van der Waals surface area contributed by atoms with E-state index >= 15 is 0 Å². The lowest BCUT2D eigenvalue weighted by Crippen LogP contribution is -2.33. The average Bonchev–Trinajstić information content (AvgIpc) is 2.99. The molecule has 2 atom stereocenters. The summed E-state index contributed by atoms with van der Waals surface area (Å²) >= 11 is 0. The van der Waals surface area contributed by atoms with Gasteiger partial charge in [0.15, 0.2) is 0 Å². The van der Waals surface area contributed by atoms with Gasteiger partial charge in [-0.25, -0.2) is 13.8 Å². The van der Waals surface area contributed by atoms with Crippen molar-refractivity contribution in [2.24, 2.45) is 0 Å². The number of β-amino-alcohol motifs (C(OH)–C–C–N with tert-alkyl or cyclic N) is 1. The number of amides is 1. The molecule has 3 rings (SSSR count). The first-order valence-corrected chi connectivity index (χ1v) is 7.90. The van der Waals surface area contributed by atoms with E-state index in [1.165, 1.54) is 12.0 Å². The van der Waals surface area contributed by atoms with Crippen molar-refractivity contribution in [3.8, 4) is 5.88 Å². The fourth-order valence-electron chi connectivity index (χ4n) is 3.08. The molecule has 0 unspecified atom stereocenters. The number of carbonyl (C=O) groups is 1. The number of benzene rings is 1. The Labute approximate surface area is 143 Å². The highest BCUT2D eigenvalue weighted by Gasteiger charge is 2.36. The zero-order chi connectivity index (χ0) is 18.0. The van der Waals surface area contributed by atoms with Crippen molar-refractivity contribution >= 4 is 5.91 Å². The SMILES string of the molecule is COc1cccc(CC(=O)N2C[C@H](O)C[C@H]2c2cc(F)ccc2F)n1. The number of pyridine rings is 1. The molecule has 2 aromatic rings. The Hall–Kier alpha value is -2.54. The summed E-state index contributed by atoms with van der Waals surface area (Å²) in [6.07, 6.45) is -0.635. The highest BCUT2D eigenvalue weighted by molar-refractivity contribution is 5.79. The summed E-state index contributed by atoms with van der Waals surface area (Å²) in [6, 6.07) is 7.49. The molecule has 0 bridgehead atoms. The molecule has 132 valence electrons. The van der Waals surface area contributed by atoms with Gasteiger partial charge in [-0.05, 0) is 30.7 Å². The lowest BCUT2D eigenvalue weighted by atomic mass is 10.0. The van der Waals surface area contributed by atoms with E-state index in [0.717, 1.165) is 18.2 Å². The number of rotatable bonds is 4. The van der Waals surface area contributed by atoms with Crippen molar-refractivity contribution in [3.63, 3.8) is 0 Å². The quantitative estimate of drug-likeness (QED) is 0.921. The number of likely N-dealkylation sites (tertiary alicyclic amines) is 1. The predicted octanol–water partition coefficient (Wildman–Crippen LogP) is 2.25. The van der Waals surface area contributed by atoms with Crippen LogP contribution in [0.4, 0.5) is 8.78 Å². The molecular formula is C18H18F2N2O3. The first-order chi connectivity index (χ1) is 12.0. The van der Waals surface area contributed by atoms with Gasteiger partial charge < -0.3 is 14.7 Å². The Morgan fingerprint density at radius 3 is 2.92 bits per heavy atom. The molecule has 0 aliphatic carbocycles. The molecule has 5 nitrogen and oxygen atoms in total. The molecule has 0 saturated carbocycles. The number of aliphatic hydroxyl groups is 1. The van der Waals surface area contributed by atoms with Crippen molar-refractivity contribution < 1.29 is 23.4 Å². The maximum absolute atomic E-state index is 14.1. The Balaban J connectivity index is 1.83. The molecule has 1 N–H and O–H groups in total. The minimum absolute atomic E-state index is 0.0165. The standard InChI is InChI=1S/C18H18F2N2O3/c1-25-17-4-2-3-12(21-17)8-18(24)22-10-13(23)9-16(22)14-7-11(19)5-6-15(14)20/h2-7,13,16,23H,8-10H2,1H3/t13-,16+/m1/s1. The van der Waals surface area contributed by atoms with E-state index in [1.807, 2.05) is 0 Å². The molecule has 1 fully saturated rings. The van der Waals surface area contributed by atoms with Gasteiger partial charge in [0, 0.05) is 18.2 Å². The van der Waals surface area contributed by atoms with Gasteiger partial charge in [-0.1, -0.05) is 6.07 Å². The second kappa shape index (κ2) is 7.14. The number of nitrogens with zero attached hydrogens (tertiary/aromatic N) is 2. The van der Waals surface area contributed by atoms with Gasteiger partial charge in [0.05, 0.1) is 31.4 Å². The second-order valence-electron chi connectivity index (χ2n) is 5.97. The van der Waals surface area contributed by atoms with Gasteiger partial charge in [-0.15, -0.1) is 0 Å². The number of ether oxygens (including phenoxy) is 1. The molecule has 2 heterocycles. The van der Waals surface area contributed by atoms with Crippen LogP contribution in [0.25, 0.3) is 0 Å². The van der Waals surface area contributed by atoms with Crippen LogP contribution < -0.4 is 4.74 Å². The summed E-state index contributed by atoms with van der Waals surface area (Å²) in [5.74, 6) is -1.11. The van der Waals surface area contributed by atoms with E-state index in [9.17, 15) is 18.7 Å². The summed E-state index contributed by atoms with van der Waals surface area (Å²) in [6.45, 7) is 0.0728. The van der Waals surface area contributed by atoms with E-state index in [2.05, 4.69) is 4.98 Å². The van der Waals surface area contributed by atoms with Crippen molar-refractivity contribution in [3.05, 3.63) is 59.3 Å². The van der Waals surface area contributed by atoms with Crippen molar-refractivity contribution in [2.45, 2.75) is 25.0 Å². The molecule has 0 spiro atoms. The monoisotopic (exact) mass is 348 g/mol. The zero-order valence-electron chi connectivity index (χ0n) is 13.7. The van der Waals surface area contributed by atoms with Crippen LogP contribution in [0.5, 0.6) is 5.88 Å². The fourth-order valence-corrected chi connectivity index (χ4v) is 3.08. The number of methoxy groups -OCH3 is 1. The summed E-state index contributed by atoms with van der Waals surface area (Å²) in [4.78, 5) is 18.2. The summed E-state index contributed by atoms with van der Waals surface area (Å²) < 4.78 is 32.6. The lowest BCUT2D eigenvalue weighted by molar-refractivity contribution is -0.131. The molecule has 25 heavy (non-hydrogen) atoms. The van der Waals surface area contributed by atoms with E-state index in [1.54, 1.807) is 18.2 Å². The minimum atomic E-state index is -0.783. The highest BCUT2D eigenvalue weighted by atomic mass is 19.1. The fraction of sp³-hybridized carbons (Fsp3) is 0.333. The maximum atomic E-state index is 14.1. The van der Waals surface area contributed by atoms with E-state index in [4.69, 9.17) is 4.74 Å². The number of hydrogen-bond donors (Lipinski definition) is 1. The smallest absolute Gasteiger partial charge is 0.229 e. The maximum Gasteiger partial charge on any atom is 0.229 e. The highest BCUT2D eigenvalue weighted by Crippen LogP contribution is 2.34. The van der Waals surface area contributed by atoms with Gasteiger partial charge in [0.1, 0.15) is 11.6 Å². The summed E-state index contributed by atoms with van der Waals surface area (Å²) in [7, 11) is 1.48. The summed E-state index contributed by atoms with van der Waals surface area (Å²) in [5.41, 5.74) is 0.577. The van der Waals surface area contributed by atoms with Crippen LogP contribution >= 0.6 is 0 Å². The van der Waals surface area contributed by atoms with Crippen LogP contribution in [0.1, 0.15) is 23.7 Å². The largest absolute Gasteiger partial charge is 0.481 e. The van der Waals surface area contributed by atoms with Gasteiger partial charge in [-0.3, -0.25) is 4.79 Å². The number of aliphatic hydroxyl groups excluding tert-OH is 1. The molecule has 1 aliphatic rings. The Morgan fingerprint density at radius 1 is 1.36 bits per heavy atom. The Kier molecular flexibility index (Phi) is 4.94. The van der Waals surface area contributed by atoms with Crippen LogP contribution in [0.3, 0.4) is 0 Å². The molecule has 1 aromatic carbocycles. The van der Waals surface area contributed by atoms with Crippen molar-refractivity contribution in [1.82, 2.24) is 9.88 Å². The molecular weight excluding hydrogens is 330 g/mol. The van der Waals surface area contributed by atoms with Crippen LogP contribution in [0, 0.1) is 11.6 Å². The van der Waals surface area contributed by atoms with E-state index in [-0.39, 0.29) is 30.9 Å². The molecule has 1 aliphatic heterocycles. The number of aromatic nitrogens is 1. The van der Waals surface area contributed by atoms with E-state index in [0.29, 0.717) is 11.6 Å². The third-order valence-electron chi connectivity index (χ3n) is 4.24. The molecule has 0 radical (unpaired) electrons. The van der Waals surface area contributed by atoms with Crippen molar-refractivity contribution in [1.29, 1.82) is 0 Å². The van der Waals surface area contributed by atoms with Gasteiger partial charge in [0.25, 0.3) is 0 Å². The Bertz CT molecular complexity index is 785. The molecule has 1 amide bonds. The third kappa shape index (κ3) is 3.76. The molecule has 7 heteroatoms. The summed E-state index contributed by atoms with van der Waals surface area (Å²) in [5, 5.41) is 9.94. The first kappa shape index (κ1) is 17.3. The number of carbonyl (C=O) groups excluding carboxylic acids is 1. The van der Waals surface area contributed by atoms with Gasteiger partial charge in [0.2, 0.25) is 11.8 Å². The van der Waals surface area contributed by atoms with Crippen LogP contribution in [0.15, 0.2) is 36.4 Å². The average molecular weight is 348 g/mol. The van der Waals surface area contributed by atoms with Gasteiger partial charge in [-0.2, -0.15) is 0 Å². The van der Waals surface area contributed by atoms with Crippen LogP contribution in [0.2, 0.25) is 0 Å². The number of hydrogen-bond acceptors (Lipinski definition) is 4. The zero-order valence-corrected chi connectivity index (χ0v) is 13.7.